The predicted molar refractivity (Wildman–Crippen MR) is 135 cm³/mol. The summed E-state index contributed by atoms with van der Waals surface area (Å²) in [5.74, 6) is -5.95. The molecule has 0 radical (unpaired) electrons. The lowest BCUT2D eigenvalue weighted by molar-refractivity contribution is -0.176. The number of piperidine rings is 1. The van der Waals surface area contributed by atoms with Crippen LogP contribution < -0.4 is 26.4 Å². The van der Waals surface area contributed by atoms with E-state index in [9.17, 15) is 37.1 Å². The van der Waals surface area contributed by atoms with Crippen molar-refractivity contribution in [3.05, 3.63) is 12.5 Å². The Balaban J connectivity index is 1.54. The van der Waals surface area contributed by atoms with Crippen LogP contribution in [0.3, 0.4) is 0 Å². The van der Waals surface area contributed by atoms with Gasteiger partial charge >= 0.3 is 12.1 Å². The van der Waals surface area contributed by atoms with Gasteiger partial charge in [0.05, 0.1) is 6.20 Å². The Bertz CT molecular complexity index is 1280. The van der Waals surface area contributed by atoms with Crippen LogP contribution in [0.1, 0.15) is 41.0 Å². The van der Waals surface area contributed by atoms with Gasteiger partial charge < -0.3 is 31.3 Å². The fourth-order valence-corrected chi connectivity index (χ4v) is 5.61. The molecule has 224 valence electrons. The number of likely N-dealkylation sites (tertiary alicyclic amines) is 1. The summed E-state index contributed by atoms with van der Waals surface area (Å²) >= 11 is 0. The minimum atomic E-state index is -5.22. The highest BCUT2D eigenvalue weighted by Crippen LogP contribution is 2.65. The summed E-state index contributed by atoms with van der Waals surface area (Å²) in [5.41, 5.74) is 4.25. The molecule has 5 amide bonds. The summed E-state index contributed by atoms with van der Waals surface area (Å²) in [6.07, 6.45) is -4.30. The standard InChI is InChI=1S/C25H32F3N7O6/c1-23(2,3)16(34-22(40)25(26,27)28)21(39)35-8-10-14(24(10,4)5)15(35)19(38)32-11(17(29)36)6-13-18(37)33-12-7-30-9-31-20(12)41-13/h7,9-11,13-16H,6,8H2,1-5H3,(H2,29,36)(H,32,38)(H,33,37)(H,34,40)/t10-,11-,13?,14-,15-,16+/m0/s1. The lowest BCUT2D eigenvalue weighted by Gasteiger charge is -2.38. The van der Waals surface area contributed by atoms with Gasteiger partial charge in [0.15, 0.2) is 6.10 Å². The summed E-state index contributed by atoms with van der Waals surface area (Å²) in [4.78, 5) is 72.7. The molecule has 3 aliphatic rings. The monoisotopic (exact) mass is 583 g/mol. The van der Waals surface area contributed by atoms with Crippen LogP contribution in [-0.4, -0.2) is 81.4 Å². The molecular weight excluding hydrogens is 551 g/mol. The van der Waals surface area contributed by atoms with Crippen LogP contribution in [0, 0.1) is 22.7 Å². The zero-order valence-corrected chi connectivity index (χ0v) is 23.0. The number of hydrogen-bond acceptors (Lipinski definition) is 8. The van der Waals surface area contributed by atoms with E-state index in [1.54, 1.807) is 5.32 Å². The number of aromatic nitrogens is 2. The maximum atomic E-state index is 13.6. The number of carbonyl (C=O) groups excluding carboxylic acids is 5. The first kappa shape index (κ1) is 30.0. The number of ether oxygens (including phenoxy) is 1. The van der Waals surface area contributed by atoms with Gasteiger partial charge in [-0.15, -0.1) is 0 Å². The Morgan fingerprint density at radius 3 is 2.46 bits per heavy atom. The van der Waals surface area contributed by atoms with Crippen molar-refractivity contribution in [2.75, 3.05) is 11.9 Å². The Morgan fingerprint density at radius 1 is 1.22 bits per heavy atom. The van der Waals surface area contributed by atoms with Crippen LogP contribution in [0.2, 0.25) is 0 Å². The Labute approximate surface area is 233 Å². The SMILES string of the molecule is CC(C)(C)[C@H](NC(=O)C(F)(F)F)C(=O)N1C[C@H]2[C@@H]([C@H]1C(=O)N[C@@H](CC1Oc3ncncc3NC1=O)C(N)=O)C2(C)C. The molecular formula is C25H32F3N7O6. The number of fused-ring (bicyclic) bond motifs is 2. The molecule has 1 aliphatic carbocycles. The van der Waals surface area contributed by atoms with Crippen LogP contribution in [-0.2, 0) is 24.0 Å². The molecule has 6 atom stereocenters. The number of anilines is 1. The van der Waals surface area contributed by atoms with Gasteiger partial charge in [-0.25, -0.2) is 4.98 Å². The highest BCUT2D eigenvalue weighted by atomic mass is 19.4. The van der Waals surface area contributed by atoms with E-state index in [-0.39, 0.29) is 41.8 Å². The van der Waals surface area contributed by atoms with E-state index in [4.69, 9.17) is 10.5 Å². The third-order valence-corrected chi connectivity index (χ3v) is 8.00. The maximum absolute atomic E-state index is 13.6. The van der Waals surface area contributed by atoms with Crippen LogP contribution >= 0.6 is 0 Å². The minimum absolute atomic E-state index is 0.0587. The summed E-state index contributed by atoms with van der Waals surface area (Å²) < 4.78 is 44.7. The molecule has 4 rings (SSSR count). The molecule has 1 unspecified atom stereocenters. The molecule has 41 heavy (non-hydrogen) atoms. The second-order valence-corrected chi connectivity index (χ2v) is 12.2. The third-order valence-electron chi connectivity index (χ3n) is 8.00. The van der Waals surface area contributed by atoms with Crippen LogP contribution in [0.15, 0.2) is 12.5 Å². The quantitative estimate of drug-likeness (QED) is 0.348. The molecule has 0 aromatic carbocycles. The highest BCUT2D eigenvalue weighted by molar-refractivity contribution is 5.99. The number of hydrogen-bond donors (Lipinski definition) is 4. The number of halogens is 3. The summed E-state index contributed by atoms with van der Waals surface area (Å²) in [6.45, 7) is 8.32. The largest absolute Gasteiger partial charge is 0.471 e. The van der Waals surface area contributed by atoms with E-state index in [1.165, 1.54) is 33.3 Å². The van der Waals surface area contributed by atoms with E-state index >= 15 is 0 Å². The predicted octanol–water partition coefficient (Wildman–Crippen LogP) is 0.113. The summed E-state index contributed by atoms with van der Waals surface area (Å²) in [7, 11) is 0. The van der Waals surface area contributed by atoms with Crippen molar-refractivity contribution in [2.45, 2.75) is 71.4 Å². The molecule has 16 heteroatoms. The Hall–Kier alpha value is -3.98. The first-order valence-corrected chi connectivity index (χ1v) is 12.9. The highest BCUT2D eigenvalue weighted by Gasteiger charge is 2.70. The minimum Gasteiger partial charge on any atom is -0.463 e. The van der Waals surface area contributed by atoms with Crippen LogP contribution in [0.25, 0.3) is 0 Å². The van der Waals surface area contributed by atoms with Crippen molar-refractivity contribution in [2.24, 2.45) is 28.4 Å². The number of primary amides is 1. The first-order valence-electron chi connectivity index (χ1n) is 12.9. The number of rotatable bonds is 7. The van der Waals surface area contributed by atoms with Gasteiger partial charge in [0, 0.05) is 13.0 Å². The molecule has 1 aromatic heterocycles. The van der Waals surface area contributed by atoms with E-state index in [0.29, 0.717) is 0 Å². The second kappa shape index (κ2) is 10.1. The average Bonchev–Trinajstić information content (AvgIpc) is 3.18. The maximum Gasteiger partial charge on any atom is 0.471 e. The fraction of sp³-hybridized carbons (Fsp3) is 0.640. The molecule has 0 spiro atoms. The number of amides is 5. The van der Waals surface area contributed by atoms with Gasteiger partial charge in [-0.2, -0.15) is 18.2 Å². The topological polar surface area (TPSA) is 186 Å². The average molecular weight is 584 g/mol. The van der Waals surface area contributed by atoms with Gasteiger partial charge in [-0.05, 0) is 22.7 Å². The number of nitrogens with two attached hydrogens (primary N) is 1. The fourth-order valence-electron chi connectivity index (χ4n) is 5.61. The molecule has 1 saturated heterocycles. The van der Waals surface area contributed by atoms with Crippen molar-refractivity contribution >= 4 is 35.2 Å². The van der Waals surface area contributed by atoms with Crippen molar-refractivity contribution in [1.82, 2.24) is 25.5 Å². The van der Waals surface area contributed by atoms with Gasteiger partial charge in [-0.3, -0.25) is 24.0 Å². The van der Waals surface area contributed by atoms with E-state index < -0.39 is 65.4 Å². The van der Waals surface area contributed by atoms with Gasteiger partial charge in [0.25, 0.3) is 5.91 Å². The number of carbonyl (C=O) groups is 5. The molecule has 1 saturated carbocycles. The van der Waals surface area contributed by atoms with E-state index in [2.05, 4.69) is 20.6 Å². The lowest BCUT2D eigenvalue weighted by Crippen LogP contribution is -2.61. The molecule has 5 N–H and O–H groups in total. The Kier molecular flexibility index (Phi) is 7.41. The van der Waals surface area contributed by atoms with E-state index in [1.807, 2.05) is 13.8 Å². The molecule has 2 aliphatic heterocycles. The molecule has 1 aromatic rings. The van der Waals surface area contributed by atoms with Crippen molar-refractivity contribution in [3.63, 3.8) is 0 Å². The van der Waals surface area contributed by atoms with Crippen molar-refractivity contribution in [1.29, 1.82) is 0 Å². The van der Waals surface area contributed by atoms with Crippen LogP contribution in [0.4, 0.5) is 18.9 Å². The Morgan fingerprint density at radius 2 is 1.88 bits per heavy atom. The summed E-state index contributed by atoms with van der Waals surface area (Å²) in [5, 5.41) is 6.82. The van der Waals surface area contributed by atoms with Crippen molar-refractivity contribution in [3.8, 4) is 5.88 Å². The molecule has 13 nitrogen and oxygen atoms in total. The molecule has 3 heterocycles. The number of nitrogens with one attached hydrogen (secondary N) is 3. The van der Waals surface area contributed by atoms with Crippen LogP contribution in [0.5, 0.6) is 5.88 Å². The second-order valence-electron chi connectivity index (χ2n) is 12.2. The zero-order valence-electron chi connectivity index (χ0n) is 23.0. The van der Waals surface area contributed by atoms with Gasteiger partial charge in [-0.1, -0.05) is 34.6 Å². The first-order chi connectivity index (χ1) is 18.8. The summed E-state index contributed by atoms with van der Waals surface area (Å²) in [6, 6.07) is -4.16. The molecule has 2 fully saturated rings. The van der Waals surface area contributed by atoms with E-state index in [0.717, 1.165) is 4.90 Å². The lowest BCUT2D eigenvalue weighted by atomic mass is 9.85. The zero-order chi connectivity index (χ0) is 30.7. The normalized spacial score (nSPS) is 26.0. The number of nitrogens with zero attached hydrogens (tertiary/aromatic N) is 3. The van der Waals surface area contributed by atoms with Crippen molar-refractivity contribution < 1.29 is 41.9 Å². The number of alkyl halides is 3. The third kappa shape index (κ3) is 5.77. The van der Waals surface area contributed by atoms with Gasteiger partial charge in [0.2, 0.25) is 23.6 Å². The molecule has 0 bridgehead atoms. The smallest absolute Gasteiger partial charge is 0.463 e. The van der Waals surface area contributed by atoms with Gasteiger partial charge in [0.1, 0.15) is 30.1 Å².